The van der Waals surface area contributed by atoms with Gasteiger partial charge in [-0.1, -0.05) is 6.07 Å². The SMILES string of the molecule is O=C1c2cccnc2C(=O)N1CNc1ccccn1. The van der Waals surface area contributed by atoms with Crippen LogP contribution < -0.4 is 5.32 Å². The van der Waals surface area contributed by atoms with Crippen LogP contribution >= 0.6 is 0 Å². The number of nitrogens with zero attached hydrogens (tertiary/aromatic N) is 3. The number of amides is 2. The average molecular weight is 254 g/mol. The minimum absolute atomic E-state index is 0.0744. The van der Waals surface area contributed by atoms with Crippen LogP contribution in [0, 0.1) is 0 Å². The fourth-order valence-corrected chi connectivity index (χ4v) is 1.88. The number of nitrogens with one attached hydrogen (secondary N) is 1. The van der Waals surface area contributed by atoms with Gasteiger partial charge >= 0.3 is 0 Å². The Morgan fingerprint density at radius 1 is 1.00 bits per heavy atom. The van der Waals surface area contributed by atoms with Gasteiger partial charge in [-0.15, -0.1) is 0 Å². The van der Waals surface area contributed by atoms with Crippen molar-refractivity contribution in [1.29, 1.82) is 0 Å². The highest BCUT2D eigenvalue weighted by molar-refractivity contribution is 6.20. The van der Waals surface area contributed by atoms with E-state index in [1.54, 1.807) is 30.5 Å². The van der Waals surface area contributed by atoms with E-state index in [1.165, 1.54) is 6.20 Å². The van der Waals surface area contributed by atoms with E-state index in [1.807, 2.05) is 6.07 Å². The van der Waals surface area contributed by atoms with Crippen molar-refractivity contribution in [3.8, 4) is 0 Å². The average Bonchev–Trinajstić information content (AvgIpc) is 2.71. The van der Waals surface area contributed by atoms with Gasteiger partial charge in [0.15, 0.2) is 0 Å². The first kappa shape index (κ1) is 11.3. The molecule has 3 heterocycles. The molecule has 0 bridgehead atoms. The quantitative estimate of drug-likeness (QED) is 0.831. The number of imide groups is 1. The van der Waals surface area contributed by atoms with Gasteiger partial charge in [0.2, 0.25) is 0 Å². The van der Waals surface area contributed by atoms with E-state index in [0.717, 1.165) is 4.90 Å². The number of aromatic nitrogens is 2. The lowest BCUT2D eigenvalue weighted by Gasteiger charge is -2.14. The van der Waals surface area contributed by atoms with Crippen molar-refractivity contribution in [3.05, 3.63) is 54.0 Å². The molecule has 6 nitrogen and oxygen atoms in total. The molecule has 0 unspecified atom stereocenters. The van der Waals surface area contributed by atoms with Crippen LogP contribution in [0.4, 0.5) is 5.82 Å². The van der Waals surface area contributed by atoms with Crippen molar-refractivity contribution in [2.75, 3.05) is 12.0 Å². The molecule has 2 amide bonds. The predicted octanol–water partition coefficient (Wildman–Crippen LogP) is 1.14. The van der Waals surface area contributed by atoms with Crippen molar-refractivity contribution >= 4 is 17.6 Å². The fourth-order valence-electron chi connectivity index (χ4n) is 1.88. The molecule has 3 rings (SSSR count). The number of carbonyl (C=O) groups is 2. The van der Waals surface area contributed by atoms with E-state index < -0.39 is 0 Å². The summed E-state index contributed by atoms with van der Waals surface area (Å²) in [5.41, 5.74) is 0.547. The summed E-state index contributed by atoms with van der Waals surface area (Å²) in [7, 11) is 0. The van der Waals surface area contributed by atoms with E-state index in [0.29, 0.717) is 11.4 Å². The van der Waals surface area contributed by atoms with Crippen molar-refractivity contribution < 1.29 is 9.59 Å². The standard InChI is InChI=1S/C13H10N4O2/c18-12-9-4-3-7-15-11(9)13(19)17(12)8-16-10-5-1-2-6-14-10/h1-7H,8H2,(H,14,16). The van der Waals surface area contributed by atoms with Gasteiger partial charge in [-0.05, 0) is 24.3 Å². The zero-order valence-electron chi connectivity index (χ0n) is 9.91. The van der Waals surface area contributed by atoms with Gasteiger partial charge in [-0.3, -0.25) is 19.5 Å². The van der Waals surface area contributed by atoms with Crippen molar-refractivity contribution in [3.63, 3.8) is 0 Å². The summed E-state index contributed by atoms with van der Waals surface area (Å²) in [6.07, 6.45) is 3.13. The fraction of sp³-hybridized carbons (Fsp3) is 0.0769. The third-order valence-electron chi connectivity index (χ3n) is 2.81. The van der Waals surface area contributed by atoms with Crippen LogP contribution in [0.5, 0.6) is 0 Å². The molecular weight excluding hydrogens is 244 g/mol. The molecule has 0 aromatic carbocycles. The van der Waals surface area contributed by atoms with E-state index in [9.17, 15) is 9.59 Å². The summed E-state index contributed by atoms with van der Waals surface area (Å²) in [5, 5.41) is 2.93. The van der Waals surface area contributed by atoms with Gasteiger partial charge in [-0.25, -0.2) is 4.98 Å². The first-order valence-electron chi connectivity index (χ1n) is 5.73. The van der Waals surface area contributed by atoms with Crippen molar-refractivity contribution in [2.24, 2.45) is 0 Å². The molecule has 0 fully saturated rings. The third-order valence-corrected chi connectivity index (χ3v) is 2.81. The topological polar surface area (TPSA) is 75.2 Å². The first-order chi connectivity index (χ1) is 9.27. The molecule has 6 heteroatoms. The predicted molar refractivity (Wildman–Crippen MR) is 67.5 cm³/mol. The van der Waals surface area contributed by atoms with Gasteiger partial charge < -0.3 is 5.32 Å². The summed E-state index contributed by atoms with van der Waals surface area (Å²) >= 11 is 0. The Balaban J connectivity index is 1.78. The summed E-state index contributed by atoms with van der Waals surface area (Å²) < 4.78 is 0. The Morgan fingerprint density at radius 3 is 2.58 bits per heavy atom. The molecule has 19 heavy (non-hydrogen) atoms. The summed E-state index contributed by atoms with van der Waals surface area (Å²) in [6.45, 7) is 0.0744. The second kappa shape index (κ2) is 4.49. The maximum atomic E-state index is 12.0. The van der Waals surface area contributed by atoms with E-state index in [2.05, 4.69) is 15.3 Å². The van der Waals surface area contributed by atoms with Crippen LogP contribution in [0.2, 0.25) is 0 Å². The van der Waals surface area contributed by atoms with E-state index >= 15 is 0 Å². The summed E-state index contributed by atoms with van der Waals surface area (Å²) in [4.78, 5) is 33.2. The first-order valence-corrected chi connectivity index (χ1v) is 5.73. The Morgan fingerprint density at radius 2 is 1.84 bits per heavy atom. The minimum Gasteiger partial charge on any atom is -0.352 e. The third kappa shape index (κ3) is 1.93. The molecule has 94 valence electrons. The largest absolute Gasteiger partial charge is 0.352 e. The molecular formula is C13H10N4O2. The molecule has 1 aliphatic rings. The van der Waals surface area contributed by atoms with Crippen LogP contribution in [-0.4, -0.2) is 33.4 Å². The van der Waals surface area contributed by atoms with Gasteiger partial charge in [0.25, 0.3) is 11.8 Å². The summed E-state index contributed by atoms with van der Waals surface area (Å²) in [6, 6.07) is 8.61. The number of fused-ring (bicyclic) bond motifs is 1. The number of anilines is 1. The maximum absolute atomic E-state index is 12.0. The molecule has 1 N–H and O–H groups in total. The molecule has 2 aromatic rings. The number of carbonyl (C=O) groups excluding carboxylic acids is 2. The Kier molecular flexibility index (Phi) is 2.68. The Labute approximate surface area is 109 Å². The van der Waals surface area contributed by atoms with Crippen LogP contribution in [0.15, 0.2) is 42.7 Å². The van der Waals surface area contributed by atoms with Crippen LogP contribution in [0.25, 0.3) is 0 Å². The highest BCUT2D eigenvalue weighted by Crippen LogP contribution is 2.19. The second-order valence-electron chi connectivity index (χ2n) is 3.99. The molecule has 0 saturated carbocycles. The van der Waals surface area contributed by atoms with Crippen molar-refractivity contribution in [1.82, 2.24) is 14.9 Å². The second-order valence-corrected chi connectivity index (χ2v) is 3.99. The zero-order chi connectivity index (χ0) is 13.2. The number of rotatable bonds is 3. The molecule has 1 aliphatic heterocycles. The van der Waals surface area contributed by atoms with E-state index in [-0.39, 0.29) is 24.2 Å². The minimum atomic E-state index is -0.385. The van der Waals surface area contributed by atoms with Gasteiger partial charge in [0.1, 0.15) is 11.5 Å². The summed E-state index contributed by atoms with van der Waals surface area (Å²) in [5.74, 6) is -0.118. The molecule has 0 atom stereocenters. The van der Waals surface area contributed by atoms with Gasteiger partial charge in [0, 0.05) is 12.4 Å². The number of hydrogen-bond acceptors (Lipinski definition) is 5. The number of hydrogen-bond donors (Lipinski definition) is 1. The maximum Gasteiger partial charge on any atom is 0.281 e. The lowest BCUT2D eigenvalue weighted by Crippen LogP contribution is -2.34. The Bertz CT molecular complexity index is 607. The van der Waals surface area contributed by atoms with Crippen LogP contribution in [-0.2, 0) is 0 Å². The van der Waals surface area contributed by atoms with Gasteiger partial charge in [-0.2, -0.15) is 0 Å². The smallest absolute Gasteiger partial charge is 0.281 e. The van der Waals surface area contributed by atoms with Crippen molar-refractivity contribution in [2.45, 2.75) is 0 Å². The van der Waals surface area contributed by atoms with Crippen LogP contribution in [0.1, 0.15) is 20.8 Å². The zero-order valence-corrected chi connectivity index (χ0v) is 9.91. The Hall–Kier alpha value is -2.76. The molecule has 2 aromatic heterocycles. The monoisotopic (exact) mass is 254 g/mol. The normalized spacial score (nSPS) is 13.6. The van der Waals surface area contributed by atoms with Crippen LogP contribution in [0.3, 0.4) is 0 Å². The molecule has 0 saturated heterocycles. The van der Waals surface area contributed by atoms with E-state index in [4.69, 9.17) is 0 Å². The molecule has 0 aliphatic carbocycles. The molecule has 0 radical (unpaired) electrons. The lowest BCUT2D eigenvalue weighted by atomic mass is 10.2. The highest BCUT2D eigenvalue weighted by atomic mass is 16.2. The number of pyridine rings is 2. The lowest BCUT2D eigenvalue weighted by molar-refractivity contribution is 0.0664. The van der Waals surface area contributed by atoms with Gasteiger partial charge in [0.05, 0.1) is 12.2 Å². The molecule has 0 spiro atoms. The highest BCUT2D eigenvalue weighted by Gasteiger charge is 2.36.